The molecule has 0 aliphatic carbocycles. The molecule has 0 bridgehead atoms. The summed E-state index contributed by atoms with van der Waals surface area (Å²) in [6.45, 7) is 7.99. The molecule has 5 nitrogen and oxygen atoms in total. The van der Waals surface area contributed by atoms with Gasteiger partial charge in [-0.15, -0.1) is 0 Å². The Hall–Kier alpha value is -1.88. The number of fused-ring (bicyclic) bond motifs is 1. The fourth-order valence-corrected chi connectivity index (χ4v) is 3.03. The van der Waals surface area contributed by atoms with E-state index in [1.54, 1.807) is 0 Å². The number of aryl methyl sites for hydroxylation is 1. The van der Waals surface area contributed by atoms with Crippen molar-refractivity contribution in [2.24, 2.45) is 5.41 Å². The van der Waals surface area contributed by atoms with Gasteiger partial charge >= 0.3 is 5.97 Å². The molecule has 2 N–H and O–H groups in total. The molecule has 23 heavy (non-hydrogen) atoms. The van der Waals surface area contributed by atoms with Crippen LogP contribution < -0.4 is 5.32 Å². The SMILES string of the molecule is CCCn1c(CNCC(CC)(CC)C(=O)O)nc2ccccc21. The molecule has 0 spiro atoms. The Kier molecular flexibility index (Phi) is 5.77. The number of carbonyl (C=O) groups is 1. The fourth-order valence-electron chi connectivity index (χ4n) is 3.03. The third kappa shape index (κ3) is 3.55. The lowest BCUT2D eigenvalue weighted by Gasteiger charge is -2.27. The van der Waals surface area contributed by atoms with Crippen LogP contribution in [0.15, 0.2) is 24.3 Å². The smallest absolute Gasteiger partial charge is 0.310 e. The zero-order chi connectivity index (χ0) is 16.9. The second-order valence-electron chi connectivity index (χ2n) is 6.06. The van der Waals surface area contributed by atoms with Gasteiger partial charge in [-0.1, -0.05) is 32.9 Å². The zero-order valence-electron chi connectivity index (χ0n) is 14.3. The van der Waals surface area contributed by atoms with E-state index in [1.165, 1.54) is 0 Å². The summed E-state index contributed by atoms with van der Waals surface area (Å²) in [4.78, 5) is 16.3. The number of aromatic nitrogens is 2. The number of hydrogen-bond acceptors (Lipinski definition) is 3. The molecule has 0 aliphatic rings. The predicted octanol–water partition coefficient (Wildman–Crippen LogP) is 3.43. The third-order valence-corrected chi connectivity index (χ3v) is 4.73. The van der Waals surface area contributed by atoms with E-state index in [2.05, 4.69) is 22.9 Å². The van der Waals surface area contributed by atoms with Crippen LogP contribution in [0.25, 0.3) is 11.0 Å². The van der Waals surface area contributed by atoms with Gasteiger partial charge in [0.1, 0.15) is 5.82 Å². The van der Waals surface area contributed by atoms with Crippen LogP contribution in [0.5, 0.6) is 0 Å². The second kappa shape index (κ2) is 7.59. The first-order chi connectivity index (χ1) is 11.1. The maximum Gasteiger partial charge on any atom is 0.310 e. The summed E-state index contributed by atoms with van der Waals surface area (Å²) in [5, 5.41) is 12.8. The van der Waals surface area contributed by atoms with Crippen molar-refractivity contribution in [1.82, 2.24) is 14.9 Å². The number of para-hydroxylation sites is 2. The van der Waals surface area contributed by atoms with Gasteiger partial charge in [-0.05, 0) is 31.4 Å². The number of hydrogen-bond donors (Lipinski definition) is 2. The maximum absolute atomic E-state index is 11.6. The lowest BCUT2D eigenvalue weighted by atomic mass is 9.82. The fraction of sp³-hybridized carbons (Fsp3) is 0.556. The summed E-state index contributed by atoms with van der Waals surface area (Å²) in [7, 11) is 0. The van der Waals surface area contributed by atoms with Crippen molar-refractivity contribution in [2.45, 2.75) is 53.1 Å². The molecule has 5 heteroatoms. The number of benzene rings is 1. The van der Waals surface area contributed by atoms with Crippen LogP contribution in [0.2, 0.25) is 0 Å². The molecular formula is C18H27N3O2. The minimum Gasteiger partial charge on any atom is -0.481 e. The first-order valence-electron chi connectivity index (χ1n) is 8.46. The lowest BCUT2D eigenvalue weighted by Crippen LogP contribution is -2.40. The van der Waals surface area contributed by atoms with Crippen LogP contribution in [-0.4, -0.2) is 27.2 Å². The van der Waals surface area contributed by atoms with Crippen LogP contribution in [-0.2, 0) is 17.9 Å². The van der Waals surface area contributed by atoms with Gasteiger partial charge in [0, 0.05) is 13.1 Å². The first-order valence-corrected chi connectivity index (χ1v) is 8.46. The summed E-state index contributed by atoms with van der Waals surface area (Å²) < 4.78 is 2.22. The molecule has 0 fully saturated rings. The van der Waals surface area contributed by atoms with Crippen LogP contribution in [0.3, 0.4) is 0 Å². The van der Waals surface area contributed by atoms with Crippen molar-refractivity contribution in [3.63, 3.8) is 0 Å². The van der Waals surface area contributed by atoms with Crippen LogP contribution >= 0.6 is 0 Å². The van der Waals surface area contributed by atoms with Gasteiger partial charge in [-0.25, -0.2) is 4.98 Å². The van der Waals surface area contributed by atoms with Crippen LogP contribution in [0, 0.1) is 5.41 Å². The molecule has 0 saturated heterocycles. The number of carboxylic acids is 1. The Balaban J connectivity index is 2.15. The van der Waals surface area contributed by atoms with Gasteiger partial charge in [-0.2, -0.15) is 0 Å². The molecule has 0 atom stereocenters. The highest BCUT2D eigenvalue weighted by Gasteiger charge is 2.34. The maximum atomic E-state index is 11.6. The molecule has 0 aliphatic heterocycles. The molecule has 0 unspecified atom stereocenters. The molecule has 126 valence electrons. The van der Waals surface area contributed by atoms with Gasteiger partial charge in [0.2, 0.25) is 0 Å². The highest BCUT2D eigenvalue weighted by Crippen LogP contribution is 2.26. The van der Waals surface area contributed by atoms with Crippen molar-refractivity contribution < 1.29 is 9.90 Å². The molecule has 1 heterocycles. The summed E-state index contributed by atoms with van der Waals surface area (Å²) in [5.41, 5.74) is 1.44. The van der Waals surface area contributed by atoms with Crippen molar-refractivity contribution in [2.75, 3.05) is 6.54 Å². The third-order valence-electron chi connectivity index (χ3n) is 4.73. The average Bonchev–Trinajstić information content (AvgIpc) is 2.90. The summed E-state index contributed by atoms with van der Waals surface area (Å²) in [6, 6.07) is 8.12. The van der Waals surface area contributed by atoms with Crippen molar-refractivity contribution in [3.8, 4) is 0 Å². The van der Waals surface area contributed by atoms with Crippen LogP contribution in [0.1, 0.15) is 45.9 Å². The number of nitrogens with zero attached hydrogens (tertiary/aromatic N) is 2. The predicted molar refractivity (Wildman–Crippen MR) is 92.4 cm³/mol. The van der Waals surface area contributed by atoms with E-state index in [9.17, 15) is 9.90 Å². The number of imidazole rings is 1. The average molecular weight is 317 g/mol. The molecule has 0 radical (unpaired) electrons. The Labute approximate surface area is 137 Å². The highest BCUT2D eigenvalue weighted by molar-refractivity contribution is 5.76. The van der Waals surface area contributed by atoms with E-state index >= 15 is 0 Å². The van der Waals surface area contributed by atoms with Gasteiger partial charge in [0.25, 0.3) is 0 Å². The minimum atomic E-state index is -0.725. The monoisotopic (exact) mass is 317 g/mol. The molecular weight excluding hydrogens is 290 g/mol. The highest BCUT2D eigenvalue weighted by atomic mass is 16.4. The topological polar surface area (TPSA) is 67.2 Å². The van der Waals surface area contributed by atoms with E-state index in [-0.39, 0.29) is 0 Å². The summed E-state index contributed by atoms with van der Waals surface area (Å²) in [5.74, 6) is 0.247. The van der Waals surface area contributed by atoms with Crippen molar-refractivity contribution in [1.29, 1.82) is 0 Å². The zero-order valence-corrected chi connectivity index (χ0v) is 14.3. The molecule has 2 rings (SSSR count). The standard InChI is InChI=1S/C18H27N3O2/c1-4-11-21-15-10-8-7-9-14(15)20-16(21)12-19-13-18(5-2,6-3)17(22)23/h7-10,19H,4-6,11-13H2,1-3H3,(H,22,23). The molecule has 2 aromatic rings. The number of aliphatic carboxylic acids is 1. The minimum absolute atomic E-state index is 0.463. The van der Waals surface area contributed by atoms with Crippen molar-refractivity contribution >= 4 is 17.0 Å². The normalized spacial score (nSPS) is 12.0. The van der Waals surface area contributed by atoms with E-state index in [1.807, 2.05) is 32.0 Å². The van der Waals surface area contributed by atoms with E-state index < -0.39 is 11.4 Å². The molecule has 1 aromatic heterocycles. The van der Waals surface area contributed by atoms with E-state index in [4.69, 9.17) is 4.98 Å². The largest absolute Gasteiger partial charge is 0.481 e. The van der Waals surface area contributed by atoms with Gasteiger partial charge < -0.3 is 15.0 Å². The van der Waals surface area contributed by atoms with Gasteiger partial charge in [0.15, 0.2) is 0 Å². The van der Waals surface area contributed by atoms with Gasteiger partial charge in [-0.3, -0.25) is 4.79 Å². The van der Waals surface area contributed by atoms with Crippen LogP contribution in [0.4, 0.5) is 0 Å². The number of rotatable bonds is 9. The summed E-state index contributed by atoms with van der Waals surface area (Å²) >= 11 is 0. The van der Waals surface area contributed by atoms with Gasteiger partial charge in [0.05, 0.1) is 23.0 Å². The van der Waals surface area contributed by atoms with E-state index in [0.29, 0.717) is 25.9 Å². The summed E-state index contributed by atoms with van der Waals surface area (Å²) in [6.07, 6.45) is 2.28. The number of carboxylic acid groups (broad SMARTS) is 1. The second-order valence-corrected chi connectivity index (χ2v) is 6.06. The van der Waals surface area contributed by atoms with E-state index in [0.717, 1.165) is 29.8 Å². The molecule has 0 amide bonds. The Morgan fingerprint density at radius 3 is 2.57 bits per heavy atom. The quantitative estimate of drug-likeness (QED) is 0.743. The first kappa shape index (κ1) is 17.5. The lowest BCUT2D eigenvalue weighted by molar-refractivity contribution is -0.149. The molecule has 1 aromatic carbocycles. The Morgan fingerprint density at radius 2 is 1.96 bits per heavy atom. The number of nitrogens with one attached hydrogen (secondary N) is 1. The van der Waals surface area contributed by atoms with Crippen molar-refractivity contribution in [3.05, 3.63) is 30.1 Å². The molecule has 0 saturated carbocycles. The Morgan fingerprint density at radius 1 is 1.26 bits per heavy atom. The Bertz CT molecular complexity index is 659.